The molecule has 1 atom stereocenters. The highest BCUT2D eigenvalue weighted by atomic mass is 32.1. The third-order valence-electron chi connectivity index (χ3n) is 3.69. The first-order chi connectivity index (χ1) is 8.16. The van der Waals surface area contributed by atoms with Crippen molar-refractivity contribution in [1.82, 2.24) is 0 Å². The zero-order valence-electron chi connectivity index (χ0n) is 12.2. The van der Waals surface area contributed by atoms with Gasteiger partial charge >= 0.3 is 0 Å². The SMILES string of the molecule is Cc1cccc(C(N)=S)c1N(C)C(C)C(C)(C)C. The number of anilines is 1. The predicted molar refractivity (Wildman–Crippen MR) is 84.4 cm³/mol. The fourth-order valence-electron chi connectivity index (χ4n) is 2.10. The maximum Gasteiger partial charge on any atom is 0.106 e. The number of para-hydroxylation sites is 1. The summed E-state index contributed by atoms with van der Waals surface area (Å²) in [5, 5.41) is 0. The second kappa shape index (κ2) is 5.27. The lowest BCUT2D eigenvalue weighted by Crippen LogP contribution is -2.40. The van der Waals surface area contributed by atoms with Crippen molar-refractivity contribution in [3.63, 3.8) is 0 Å². The van der Waals surface area contributed by atoms with Gasteiger partial charge in [-0.1, -0.05) is 45.1 Å². The molecule has 1 aromatic carbocycles. The molecule has 1 aromatic rings. The molecule has 1 unspecified atom stereocenters. The highest BCUT2D eigenvalue weighted by Crippen LogP contribution is 2.31. The van der Waals surface area contributed by atoms with Crippen molar-refractivity contribution < 1.29 is 0 Å². The van der Waals surface area contributed by atoms with Gasteiger partial charge in [0.2, 0.25) is 0 Å². The maximum atomic E-state index is 5.84. The molecule has 0 fully saturated rings. The molecule has 0 heterocycles. The lowest BCUT2D eigenvalue weighted by molar-refractivity contribution is 0.329. The van der Waals surface area contributed by atoms with E-state index < -0.39 is 0 Å². The summed E-state index contributed by atoms with van der Waals surface area (Å²) in [5.74, 6) is 0. The molecule has 2 N–H and O–H groups in total. The molecule has 0 aliphatic carbocycles. The Labute approximate surface area is 116 Å². The van der Waals surface area contributed by atoms with Crippen LogP contribution in [0.4, 0.5) is 5.69 Å². The molecule has 0 radical (unpaired) electrons. The van der Waals surface area contributed by atoms with E-state index in [1.165, 1.54) is 5.56 Å². The summed E-state index contributed by atoms with van der Waals surface area (Å²) in [6.07, 6.45) is 0. The van der Waals surface area contributed by atoms with Crippen LogP contribution in [0.15, 0.2) is 18.2 Å². The van der Waals surface area contributed by atoms with Crippen molar-refractivity contribution >= 4 is 22.9 Å². The second-order valence-corrected chi connectivity index (χ2v) is 6.43. The summed E-state index contributed by atoms with van der Waals surface area (Å²) in [4.78, 5) is 2.74. The zero-order valence-corrected chi connectivity index (χ0v) is 13.1. The van der Waals surface area contributed by atoms with Gasteiger partial charge in [-0.25, -0.2) is 0 Å². The van der Waals surface area contributed by atoms with Gasteiger partial charge in [-0.15, -0.1) is 0 Å². The van der Waals surface area contributed by atoms with Gasteiger partial charge in [-0.3, -0.25) is 0 Å². The predicted octanol–water partition coefficient (Wildman–Crippen LogP) is 3.50. The van der Waals surface area contributed by atoms with Crippen LogP contribution >= 0.6 is 12.2 Å². The Morgan fingerprint density at radius 2 is 1.89 bits per heavy atom. The number of hydrogen-bond donors (Lipinski definition) is 1. The Balaban J connectivity index is 3.28. The fraction of sp³-hybridized carbons (Fsp3) is 0.533. The van der Waals surface area contributed by atoms with Crippen LogP contribution in [-0.4, -0.2) is 18.1 Å². The Hall–Kier alpha value is -1.09. The Morgan fingerprint density at radius 3 is 2.33 bits per heavy atom. The van der Waals surface area contributed by atoms with Gasteiger partial charge in [-0.05, 0) is 30.9 Å². The van der Waals surface area contributed by atoms with Crippen LogP contribution in [0, 0.1) is 12.3 Å². The summed E-state index contributed by atoms with van der Waals surface area (Å²) in [5.41, 5.74) is 9.35. The lowest BCUT2D eigenvalue weighted by Gasteiger charge is -2.38. The average molecular weight is 264 g/mol. The highest BCUT2D eigenvalue weighted by Gasteiger charge is 2.26. The highest BCUT2D eigenvalue weighted by molar-refractivity contribution is 7.80. The van der Waals surface area contributed by atoms with Crippen molar-refractivity contribution in [2.75, 3.05) is 11.9 Å². The first-order valence-corrected chi connectivity index (χ1v) is 6.69. The average Bonchev–Trinajstić information content (AvgIpc) is 2.25. The zero-order chi connectivity index (χ0) is 14.1. The van der Waals surface area contributed by atoms with E-state index in [4.69, 9.17) is 18.0 Å². The van der Waals surface area contributed by atoms with Crippen LogP contribution < -0.4 is 10.6 Å². The number of hydrogen-bond acceptors (Lipinski definition) is 2. The van der Waals surface area contributed by atoms with E-state index in [1.807, 2.05) is 12.1 Å². The third-order valence-corrected chi connectivity index (χ3v) is 3.91. The summed E-state index contributed by atoms with van der Waals surface area (Å²) in [6, 6.07) is 6.49. The molecule has 1 rings (SSSR count). The number of thiocarbonyl (C=S) groups is 1. The smallest absolute Gasteiger partial charge is 0.106 e. The fourth-order valence-corrected chi connectivity index (χ4v) is 2.27. The molecule has 3 heteroatoms. The molecule has 0 aliphatic rings. The Bertz CT molecular complexity index is 446. The van der Waals surface area contributed by atoms with Gasteiger partial charge in [0, 0.05) is 24.3 Å². The van der Waals surface area contributed by atoms with E-state index in [0.29, 0.717) is 11.0 Å². The summed E-state index contributed by atoms with van der Waals surface area (Å²) in [7, 11) is 2.11. The number of aryl methyl sites for hydroxylation is 1. The van der Waals surface area contributed by atoms with E-state index in [0.717, 1.165) is 11.3 Å². The van der Waals surface area contributed by atoms with E-state index in [2.05, 4.69) is 52.6 Å². The van der Waals surface area contributed by atoms with Crippen LogP contribution in [0.1, 0.15) is 38.8 Å². The molecular weight excluding hydrogens is 240 g/mol. The molecule has 0 spiro atoms. The summed E-state index contributed by atoms with van der Waals surface area (Å²) >= 11 is 5.16. The second-order valence-electron chi connectivity index (χ2n) is 5.99. The van der Waals surface area contributed by atoms with Crippen molar-refractivity contribution in [2.45, 2.75) is 40.7 Å². The number of nitrogens with two attached hydrogens (primary N) is 1. The Kier molecular flexibility index (Phi) is 4.38. The minimum absolute atomic E-state index is 0.199. The standard InChI is InChI=1S/C15H24N2S/c1-10-8-7-9-12(14(16)18)13(10)17(6)11(2)15(3,4)5/h7-9,11H,1-6H3,(H2,16,18). The van der Waals surface area contributed by atoms with E-state index in [9.17, 15) is 0 Å². The number of rotatable bonds is 3. The quantitative estimate of drug-likeness (QED) is 0.847. The normalized spacial score (nSPS) is 13.2. The third kappa shape index (κ3) is 3.02. The first kappa shape index (κ1) is 15.0. The molecule has 0 aromatic heterocycles. The maximum absolute atomic E-state index is 5.84. The Morgan fingerprint density at radius 1 is 1.33 bits per heavy atom. The topological polar surface area (TPSA) is 29.3 Å². The molecular formula is C15H24N2S. The van der Waals surface area contributed by atoms with Crippen LogP contribution in [0.5, 0.6) is 0 Å². The molecule has 0 aliphatic heterocycles. The van der Waals surface area contributed by atoms with Crippen molar-refractivity contribution in [2.24, 2.45) is 11.1 Å². The molecule has 0 saturated heterocycles. The van der Waals surface area contributed by atoms with Gasteiger partial charge in [0.15, 0.2) is 0 Å². The van der Waals surface area contributed by atoms with E-state index in [-0.39, 0.29) is 5.41 Å². The minimum Gasteiger partial charge on any atom is -0.389 e. The van der Waals surface area contributed by atoms with E-state index >= 15 is 0 Å². The van der Waals surface area contributed by atoms with E-state index in [1.54, 1.807) is 0 Å². The summed E-state index contributed by atoms with van der Waals surface area (Å²) < 4.78 is 0. The van der Waals surface area contributed by atoms with Crippen LogP contribution in [0.25, 0.3) is 0 Å². The minimum atomic E-state index is 0.199. The molecule has 0 saturated carbocycles. The molecule has 100 valence electrons. The molecule has 18 heavy (non-hydrogen) atoms. The monoisotopic (exact) mass is 264 g/mol. The van der Waals surface area contributed by atoms with Crippen molar-refractivity contribution in [1.29, 1.82) is 0 Å². The summed E-state index contributed by atoms with van der Waals surface area (Å²) in [6.45, 7) is 11.1. The lowest BCUT2D eigenvalue weighted by atomic mass is 9.86. The molecule has 2 nitrogen and oxygen atoms in total. The van der Waals surface area contributed by atoms with Crippen molar-refractivity contribution in [3.05, 3.63) is 29.3 Å². The number of nitrogens with zero attached hydrogens (tertiary/aromatic N) is 1. The van der Waals surface area contributed by atoms with Crippen LogP contribution in [-0.2, 0) is 0 Å². The first-order valence-electron chi connectivity index (χ1n) is 6.28. The van der Waals surface area contributed by atoms with Crippen LogP contribution in [0.3, 0.4) is 0 Å². The molecule has 0 amide bonds. The van der Waals surface area contributed by atoms with Gasteiger partial charge in [-0.2, -0.15) is 0 Å². The van der Waals surface area contributed by atoms with Gasteiger partial charge < -0.3 is 10.6 Å². The largest absolute Gasteiger partial charge is 0.389 e. The van der Waals surface area contributed by atoms with Crippen LogP contribution in [0.2, 0.25) is 0 Å². The van der Waals surface area contributed by atoms with Gasteiger partial charge in [0.1, 0.15) is 4.99 Å². The number of benzene rings is 1. The van der Waals surface area contributed by atoms with Crippen molar-refractivity contribution in [3.8, 4) is 0 Å². The van der Waals surface area contributed by atoms with Gasteiger partial charge in [0.25, 0.3) is 0 Å². The molecule has 0 bridgehead atoms. The van der Waals surface area contributed by atoms with Gasteiger partial charge in [0.05, 0.1) is 0 Å².